The molecule has 12 heteroatoms. The third kappa shape index (κ3) is 11.3. The summed E-state index contributed by atoms with van der Waals surface area (Å²) < 4.78 is 0. The zero-order valence-electron chi connectivity index (χ0n) is 23.7. The predicted octanol–water partition coefficient (Wildman–Crippen LogP) is 0.365. The van der Waals surface area contributed by atoms with Crippen LogP contribution in [0.25, 0.3) is 0 Å². The molecule has 0 aliphatic rings. The van der Waals surface area contributed by atoms with Gasteiger partial charge in [0.05, 0.1) is 19.1 Å². The van der Waals surface area contributed by atoms with E-state index in [1.54, 1.807) is 60.7 Å². The van der Waals surface area contributed by atoms with Gasteiger partial charge >= 0.3 is 0 Å². The number of rotatable bonds is 14. The number of hydrogen-bond acceptors (Lipinski definition) is 7. The molecule has 12 nitrogen and oxygen atoms in total. The van der Waals surface area contributed by atoms with Gasteiger partial charge in [-0.3, -0.25) is 24.0 Å². The number of nitrogens with one attached hydrogen (secondary N) is 5. The summed E-state index contributed by atoms with van der Waals surface area (Å²) in [6.45, 7) is 0.688. The molecule has 5 amide bonds. The molecule has 0 bridgehead atoms. The van der Waals surface area contributed by atoms with Crippen molar-refractivity contribution in [1.82, 2.24) is 21.3 Å². The van der Waals surface area contributed by atoms with Gasteiger partial charge in [0, 0.05) is 12.1 Å². The number of aromatic hydroxyl groups is 1. The molecule has 0 aromatic heterocycles. The minimum absolute atomic E-state index is 0.0920. The molecule has 43 heavy (non-hydrogen) atoms. The Morgan fingerprint density at radius 1 is 0.674 bits per heavy atom. The number of phenols is 1. The first-order valence-electron chi connectivity index (χ1n) is 13.7. The number of nitrogens with two attached hydrogens (primary N) is 1. The van der Waals surface area contributed by atoms with Gasteiger partial charge in [-0.25, -0.2) is 0 Å². The lowest BCUT2D eigenvalue weighted by Gasteiger charge is -2.20. The van der Waals surface area contributed by atoms with E-state index in [0.717, 1.165) is 11.1 Å². The lowest BCUT2D eigenvalue weighted by molar-refractivity contribution is -0.131. The zero-order chi connectivity index (χ0) is 31.2. The third-order valence-electron chi connectivity index (χ3n) is 6.32. The first-order chi connectivity index (χ1) is 20.6. The largest absolute Gasteiger partial charge is 0.508 e. The van der Waals surface area contributed by atoms with Crippen LogP contribution in [0.1, 0.15) is 18.1 Å². The number of carbonyl (C=O) groups is 5. The number of anilines is 1. The van der Waals surface area contributed by atoms with Crippen molar-refractivity contribution in [3.05, 3.63) is 96.1 Å². The summed E-state index contributed by atoms with van der Waals surface area (Å²) in [5.74, 6) is -2.74. The monoisotopic (exact) mass is 588 g/mol. The second-order valence-corrected chi connectivity index (χ2v) is 9.87. The predicted molar refractivity (Wildman–Crippen MR) is 161 cm³/mol. The van der Waals surface area contributed by atoms with Crippen LogP contribution in [0.15, 0.2) is 84.9 Å². The molecule has 8 N–H and O–H groups in total. The van der Waals surface area contributed by atoms with Crippen LogP contribution in [-0.4, -0.2) is 65.9 Å². The van der Waals surface area contributed by atoms with Crippen molar-refractivity contribution in [3.63, 3.8) is 0 Å². The molecule has 3 rings (SSSR count). The lowest BCUT2D eigenvalue weighted by atomic mass is 10.1. The molecule has 226 valence electrons. The SMILES string of the molecule is C[C@@H](NC(=O)[C@@H](N)Cc1ccc(O)cc1)C(=O)NCC(=O)N[C@@H](Cc1ccccc1)C(=O)NCC(=O)Nc1ccccc1. The molecule has 3 aromatic carbocycles. The second-order valence-electron chi connectivity index (χ2n) is 9.87. The fraction of sp³-hybridized carbons (Fsp3) is 0.258. The van der Waals surface area contributed by atoms with Crippen molar-refractivity contribution in [2.24, 2.45) is 5.73 Å². The van der Waals surface area contributed by atoms with Gasteiger partial charge in [-0.1, -0.05) is 60.7 Å². The van der Waals surface area contributed by atoms with Crippen LogP contribution in [0.2, 0.25) is 0 Å². The number of benzene rings is 3. The maximum Gasteiger partial charge on any atom is 0.243 e. The summed E-state index contributed by atoms with van der Waals surface area (Å²) in [5.41, 5.74) is 8.05. The molecule has 0 unspecified atom stereocenters. The molecule has 3 atom stereocenters. The second kappa shape index (κ2) is 16.3. The quantitative estimate of drug-likeness (QED) is 0.141. The Kier molecular flexibility index (Phi) is 12.2. The summed E-state index contributed by atoms with van der Waals surface area (Å²) >= 11 is 0. The number of amides is 5. The van der Waals surface area contributed by atoms with Gasteiger partial charge in [-0.2, -0.15) is 0 Å². The summed E-state index contributed by atoms with van der Waals surface area (Å²) in [6.07, 6.45) is 0.347. The topological polar surface area (TPSA) is 192 Å². The van der Waals surface area contributed by atoms with Gasteiger partial charge in [0.2, 0.25) is 29.5 Å². The fourth-order valence-electron chi connectivity index (χ4n) is 4.01. The molecule has 3 aromatic rings. The van der Waals surface area contributed by atoms with Gasteiger partial charge < -0.3 is 37.4 Å². The zero-order valence-corrected chi connectivity index (χ0v) is 23.7. The lowest BCUT2D eigenvalue weighted by Crippen LogP contribution is -2.54. The van der Waals surface area contributed by atoms with Crippen LogP contribution in [0.5, 0.6) is 5.75 Å². The van der Waals surface area contributed by atoms with E-state index in [2.05, 4.69) is 26.6 Å². The Bertz CT molecular complexity index is 1380. The highest BCUT2D eigenvalue weighted by atomic mass is 16.3. The van der Waals surface area contributed by atoms with E-state index in [4.69, 9.17) is 5.73 Å². The smallest absolute Gasteiger partial charge is 0.243 e. The summed E-state index contributed by atoms with van der Waals surface area (Å²) in [5, 5.41) is 22.1. The Morgan fingerprint density at radius 3 is 1.88 bits per heavy atom. The first-order valence-corrected chi connectivity index (χ1v) is 13.7. The van der Waals surface area contributed by atoms with Gasteiger partial charge in [0.25, 0.3) is 0 Å². The Labute approximate surface area is 249 Å². The van der Waals surface area contributed by atoms with Crippen molar-refractivity contribution in [3.8, 4) is 5.75 Å². The fourth-order valence-corrected chi connectivity index (χ4v) is 4.01. The standard InChI is InChI=1S/C31H36N6O6/c1-20(35-30(42)25(32)16-22-12-14-24(38)15-13-22)29(41)33-19-28(40)37-26(17-21-8-4-2-5-9-21)31(43)34-18-27(39)36-23-10-6-3-7-11-23/h2-15,20,25-26,38H,16-19,32H2,1H3,(H,33,41)(H,34,43)(H,35,42)(H,36,39)(H,37,40)/t20-,25+,26+/m1/s1. The first kappa shape index (κ1) is 32.3. The van der Waals surface area contributed by atoms with E-state index >= 15 is 0 Å². The minimum atomic E-state index is -1.02. The summed E-state index contributed by atoms with van der Waals surface area (Å²) in [6, 6.07) is 21.1. The van der Waals surface area contributed by atoms with Crippen molar-refractivity contribution in [1.29, 1.82) is 0 Å². The van der Waals surface area contributed by atoms with E-state index in [1.807, 2.05) is 12.1 Å². The van der Waals surface area contributed by atoms with Crippen LogP contribution >= 0.6 is 0 Å². The van der Waals surface area contributed by atoms with Gasteiger partial charge in [0.15, 0.2) is 0 Å². The molecule has 0 aliphatic heterocycles. The molecular formula is C31H36N6O6. The maximum absolute atomic E-state index is 13.0. The number of phenolic OH excluding ortho intramolecular Hbond substituents is 1. The summed E-state index contributed by atoms with van der Waals surface area (Å²) in [7, 11) is 0. The van der Waals surface area contributed by atoms with Crippen LogP contribution < -0.4 is 32.3 Å². The van der Waals surface area contributed by atoms with Gasteiger partial charge in [-0.15, -0.1) is 0 Å². The highest BCUT2D eigenvalue weighted by Crippen LogP contribution is 2.11. The maximum atomic E-state index is 13.0. The van der Waals surface area contributed by atoms with E-state index < -0.39 is 54.2 Å². The van der Waals surface area contributed by atoms with Crippen molar-refractivity contribution in [2.75, 3.05) is 18.4 Å². The number of para-hydroxylation sites is 1. The van der Waals surface area contributed by atoms with Gasteiger partial charge in [0.1, 0.15) is 17.8 Å². The van der Waals surface area contributed by atoms with E-state index in [9.17, 15) is 29.1 Å². The number of carbonyl (C=O) groups excluding carboxylic acids is 5. The van der Waals surface area contributed by atoms with E-state index in [-0.39, 0.29) is 25.1 Å². The normalized spacial score (nSPS) is 12.6. The Morgan fingerprint density at radius 2 is 1.23 bits per heavy atom. The Hall–Kier alpha value is -5.23. The molecule has 0 saturated carbocycles. The summed E-state index contributed by atoms with van der Waals surface area (Å²) in [4.78, 5) is 62.9. The highest BCUT2D eigenvalue weighted by Gasteiger charge is 2.24. The van der Waals surface area contributed by atoms with Crippen molar-refractivity contribution >= 4 is 35.2 Å². The molecular weight excluding hydrogens is 552 g/mol. The van der Waals surface area contributed by atoms with Crippen LogP contribution in [0.4, 0.5) is 5.69 Å². The molecule has 0 fully saturated rings. The Balaban J connectivity index is 1.49. The number of hydrogen-bond donors (Lipinski definition) is 7. The molecule has 0 heterocycles. The average Bonchev–Trinajstić information content (AvgIpc) is 3.00. The van der Waals surface area contributed by atoms with Crippen LogP contribution in [-0.2, 0) is 36.8 Å². The molecule has 0 saturated heterocycles. The van der Waals surface area contributed by atoms with Crippen LogP contribution in [0.3, 0.4) is 0 Å². The average molecular weight is 589 g/mol. The van der Waals surface area contributed by atoms with Crippen molar-refractivity contribution in [2.45, 2.75) is 37.9 Å². The minimum Gasteiger partial charge on any atom is -0.508 e. The third-order valence-corrected chi connectivity index (χ3v) is 6.32. The van der Waals surface area contributed by atoms with Gasteiger partial charge in [-0.05, 0) is 48.7 Å². The van der Waals surface area contributed by atoms with Crippen molar-refractivity contribution < 1.29 is 29.1 Å². The highest BCUT2D eigenvalue weighted by molar-refractivity contribution is 5.96. The molecule has 0 radical (unpaired) electrons. The van der Waals surface area contributed by atoms with E-state index in [1.165, 1.54) is 19.1 Å². The van der Waals surface area contributed by atoms with E-state index in [0.29, 0.717) is 5.69 Å². The molecule has 0 aliphatic carbocycles. The van der Waals surface area contributed by atoms with Crippen LogP contribution in [0, 0.1) is 0 Å². The molecule has 0 spiro atoms.